The second-order valence-electron chi connectivity index (χ2n) is 7.56. The highest BCUT2D eigenvalue weighted by Gasteiger charge is 2.20. The Morgan fingerprint density at radius 2 is 2.16 bits per heavy atom. The van der Waals surface area contributed by atoms with Gasteiger partial charge in [0.1, 0.15) is 17.5 Å². The lowest BCUT2D eigenvalue weighted by Crippen LogP contribution is -2.14. The molecule has 1 atom stereocenters. The molecule has 0 spiro atoms. The normalized spacial score (nSPS) is 12.2. The number of halogens is 1. The first-order chi connectivity index (χ1) is 15.5. The summed E-state index contributed by atoms with van der Waals surface area (Å²) in [6.07, 6.45) is 4.99. The predicted octanol–water partition coefficient (Wildman–Crippen LogP) is 4.81. The van der Waals surface area contributed by atoms with Crippen LogP contribution in [-0.4, -0.2) is 27.0 Å². The topological polar surface area (TPSA) is 89.9 Å². The van der Waals surface area contributed by atoms with Crippen molar-refractivity contribution in [2.24, 2.45) is 5.73 Å². The van der Waals surface area contributed by atoms with E-state index < -0.39 is 5.91 Å². The fourth-order valence-electron chi connectivity index (χ4n) is 3.63. The van der Waals surface area contributed by atoms with Gasteiger partial charge in [-0.2, -0.15) is 0 Å². The zero-order chi connectivity index (χ0) is 22.7. The van der Waals surface area contributed by atoms with Crippen LogP contribution in [0.4, 0.5) is 0 Å². The highest BCUT2D eigenvalue weighted by molar-refractivity contribution is 7.15. The standard InChI is InChI=1S/C24H24ClN3O3S/c1-15(17-8-7-16(5-4-10-29)11-18(17)25)31-20-12-21(32-22(20)13-23(26)30)19-14-27-24-6-2-3-9-28(19)24/h2-3,6-9,11-12,14-15,29H,4-5,10,13H2,1H3,(H2,26,30)/t15-/m1/s1. The number of hydrogen-bond acceptors (Lipinski definition) is 5. The molecule has 3 aromatic heterocycles. The van der Waals surface area contributed by atoms with Crippen molar-refractivity contribution in [3.8, 4) is 16.3 Å². The summed E-state index contributed by atoms with van der Waals surface area (Å²) in [6, 6.07) is 13.6. The van der Waals surface area contributed by atoms with Gasteiger partial charge in [-0.05, 0) is 43.5 Å². The van der Waals surface area contributed by atoms with E-state index in [1.807, 2.05) is 66.2 Å². The molecule has 0 bridgehead atoms. The van der Waals surface area contributed by atoms with E-state index in [1.165, 1.54) is 11.3 Å². The smallest absolute Gasteiger partial charge is 0.222 e. The molecule has 0 aliphatic carbocycles. The lowest BCUT2D eigenvalue weighted by Gasteiger charge is -2.17. The van der Waals surface area contributed by atoms with E-state index in [0.717, 1.165) is 38.6 Å². The minimum absolute atomic E-state index is 0.0945. The number of aromatic nitrogens is 2. The van der Waals surface area contributed by atoms with Gasteiger partial charge in [0.15, 0.2) is 0 Å². The number of carbonyl (C=O) groups excluding carboxylic acids is 1. The van der Waals surface area contributed by atoms with E-state index in [0.29, 0.717) is 17.2 Å². The van der Waals surface area contributed by atoms with E-state index in [-0.39, 0.29) is 19.1 Å². The average molecular weight is 470 g/mol. The van der Waals surface area contributed by atoms with Crippen LogP contribution < -0.4 is 10.5 Å². The van der Waals surface area contributed by atoms with Crippen LogP contribution in [0, 0.1) is 0 Å². The van der Waals surface area contributed by atoms with E-state index in [1.54, 1.807) is 0 Å². The number of nitrogens with zero attached hydrogens (tertiary/aromatic N) is 2. The van der Waals surface area contributed by atoms with Gasteiger partial charge < -0.3 is 15.6 Å². The van der Waals surface area contributed by atoms with Gasteiger partial charge in [-0.3, -0.25) is 9.20 Å². The number of aliphatic hydroxyl groups excluding tert-OH is 1. The molecule has 8 heteroatoms. The van der Waals surface area contributed by atoms with E-state index >= 15 is 0 Å². The molecule has 4 rings (SSSR count). The third kappa shape index (κ3) is 4.80. The highest BCUT2D eigenvalue weighted by Crippen LogP contribution is 2.39. The number of primary amides is 1. The Morgan fingerprint density at radius 3 is 2.91 bits per heavy atom. The first kappa shape index (κ1) is 22.3. The van der Waals surface area contributed by atoms with Gasteiger partial charge in [-0.15, -0.1) is 11.3 Å². The number of ether oxygens (including phenoxy) is 1. The molecule has 0 aliphatic rings. The van der Waals surface area contributed by atoms with Crippen molar-refractivity contribution in [3.63, 3.8) is 0 Å². The molecule has 1 aromatic carbocycles. The fraction of sp³-hybridized carbons (Fsp3) is 0.250. The number of carbonyl (C=O) groups is 1. The molecule has 1 amide bonds. The SMILES string of the molecule is C[C@@H](Oc1cc(-c2cnc3ccccn23)sc1CC(N)=O)c1ccc(CCCO)cc1Cl. The average Bonchev–Trinajstić information content (AvgIpc) is 3.36. The number of benzene rings is 1. The Kier molecular flexibility index (Phi) is 6.79. The summed E-state index contributed by atoms with van der Waals surface area (Å²) >= 11 is 7.99. The largest absolute Gasteiger partial charge is 0.485 e. The Morgan fingerprint density at radius 1 is 1.31 bits per heavy atom. The number of imidazole rings is 1. The number of rotatable bonds is 9. The predicted molar refractivity (Wildman–Crippen MR) is 127 cm³/mol. The molecule has 0 unspecified atom stereocenters. The number of fused-ring (bicyclic) bond motifs is 1. The van der Waals surface area contributed by atoms with Crippen LogP contribution in [0.2, 0.25) is 5.02 Å². The summed E-state index contributed by atoms with van der Waals surface area (Å²) in [5.74, 6) is 0.197. The summed E-state index contributed by atoms with van der Waals surface area (Å²) in [5, 5.41) is 9.64. The van der Waals surface area contributed by atoms with E-state index in [2.05, 4.69) is 4.98 Å². The molecule has 3 heterocycles. The zero-order valence-electron chi connectivity index (χ0n) is 17.6. The number of nitrogens with two attached hydrogens (primary N) is 1. The van der Waals surface area contributed by atoms with E-state index in [9.17, 15) is 4.79 Å². The minimum atomic E-state index is -0.416. The van der Waals surface area contributed by atoms with Gasteiger partial charge >= 0.3 is 0 Å². The Hall–Kier alpha value is -2.87. The van der Waals surface area contributed by atoms with Crippen LogP contribution in [0.3, 0.4) is 0 Å². The quantitative estimate of drug-likeness (QED) is 0.368. The number of hydrogen-bond donors (Lipinski definition) is 2. The van der Waals surface area contributed by atoms with Gasteiger partial charge in [0.2, 0.25) is 5.91 Å². The maximum absolute atomic E-state index is 11.7. The van der Waals surface area contributed by atoms with Crippen molar-refractivity contribution < 1.29 is 14.6 Å². The number of aliphatic hydroxyl groups is 1. The number of amides is 1. The summed E-state index contributed by atoms with van der Waals surface area (Å²) in [7, 11) is 0. The second kappa shape index (κ2) is 9.73. The third-order valence-corrected chi connectivity index (χ3v) is 6.67. The van der Waals surface area contributed by atoms with Crippen molar-refractivity contribution in [1.82, 2.24) is 9.38 Å². The summed E-state index contributed by atoms with van der Waals surface area (Å²) < 4.78 is 8.27. The lowest BCUT2D eigenvalue weighted by atomic mass is 10.0. The molecule has 3 N–H and O–H groups in total. The van der Waals surface area contributed by atoms with Crippen molar-refractivity contribution in [1.29, 1.82) is 0 Å². The van der Waals surface area contributed by atoms with Crippen molar-refractivity contribution >= 4 is 34.5 Å². The molecular weight excluding hydrogens is 446 g/mol. The van der Waals surface area contributed by atoms with Crippen LogP contribution >= 0.6 is 22.9 Å². The zero-order valence-corrected chi connectivity index (χ0v) is 19.2. The van der Waals surface area contributed by atoms with Crippen LogP contribution in [-0.2, 0) is 17.6 Å². The van der Waals surface area contributed by atoms with Crippen LogP contribution in [0.15, 0.2) is 54.9 Å². The van der Waals surface area contributed by atoms with Crippen molar-refractivity contribution in [3.05, 3.63) is 75.9 Å². The van der Waals surface area contributed by atoms with E-state index in [4.69, 9.17) is 27.2 Å². The summed E-state index contributed by atoms with van der Waals surface area (Å²) in [6.45, 7) is 2.07. The molecule has 32 heavy (non-hydrogen) atoms. The number of aryl methyl sites for hydroxylation is 1. The molecule has 4 aromatic rings. The Labute approximate surface area is 195 Å². The molecule has 166 valence electrons. The van der Waals surface area contributed by atoms with Crippen LogP contribution in [0.25, 0.3) is 16.2 Å². The van der Waals surface area contributed by atoms with Gasteiger partial charge in [0.25, 0.3) is 0 Å². The number of thiophene rings is 1. The summed E-state index contributed by atoms with van der Waals surface area (Å²) in [4.78, 5) is 17.8. The summed E-state index contributed by atoms with van der Waals surface area (Å²) in [5.41, 5.74) is 9.18. The highest BCUT2D eigenvalue weighted by atomic mass is 35.5. The van der Waals surface area contributed by atoms with Crippen LogP contribution in [0.5, 0.6) is 5.75 Å². The monoisotopic (exact) mass is 469 g/mol. The Balaban J connectivity index is 1.63. The van der Waals surface area contributed by atoms with Gasteiger partial charge in [-0.25, -0.2) is 4.98 Å². The molecule has 0 fully saturated rings. The maximum atomic E-state index is 11.7. The van der Waals surface area contributed by atoms with Crippen molar-refractivity contribution in [2.45, 2.75) is 32.3 Å². The first-order valence-electron chi connectivity index (χ1n) is 10.4. The fourth-order valence-corrected chi connectivity index (χ4v) is 5.09. The molecule has 0 saturated heterocycles. The van der Waals surface area contributed by atoms with Gasteiger partial charge in [0, 0.05) is 29.5 Å². The molecule has 0 radical (unpaired) electrons. The van der Waals surface area contributed by atoms with Crippen LogP contribution in [0.1, 0.15) is 35.5 Å². The molecule has 6 nitrogen and oxygen atoms in total. The Bertz CT molecular complexity index is 1250. The van der Waals surface area contributed by atoms with Crippen molar-refractivity contribution in [2.75, 3.05) is 6.61 Å². The number of pyridine rings is 1. The lowest BCUT2D eigenvalue weighted by molar-refractivity contribution is -0.117. The minimum Gasteiger partial charge on any atom is -0.485 e. The second-order valence-corrected chi connectivity index (χ2v) is 9.10. The van der Waals surface area contributed by atoms with Gasteiger partial charge in [0.05, 0.1) is 28.1 Å². The van der Waals surface area contributed by atoms with Gasteiger partial charge in [-0.1, -0.05) is 29.8 Å². The molecule has 0 aliphatic heterocycles. The molecular formula is C24H24ClN3O3S. The maximum Gasteiger partial charge on any atom is 0.222 e. The first-order valence-corrected chi connectivity index (χ1v) is 11.5. The molecule has 0 saturated carbocycles. The third-order valence-electron chi connectivity index (χ3n) is 5.20.